The molecule has 3 rings (SSSR count). The standard InChI is InChI=1S/C26H34N4O4S/c1-4-7-17-30(18-8-5-2)35(32,33)23-15-13-22(14-16-23)25(31)27-26-29-28-24(34-26)19-21-11-9-20(6-3)10-12-21/h9-16H,4-8,17-19H2,1-3H3,(H,27,29,31). The van der Waals surface area contributed by atoms with Crippen molar-refractivity contribution in [2.45, 2.75) is 64.2 Å². The predicted molar refractivity (Wildman–Crippen MR) is 136 cm³/mol. The number of hydrogen-bond acceptors (Lipinski definition) is 6. The number of anilines is 1. The number of rotatable bonds is 13. The molecule has 1 N–H and O–H groups in total. The highest BCUT2D eigenvalue weighted by atomic mass is 32.2. The molecule has 0 aliphatic carbocycles. The van der Waals surface area contributed by atoms with Crippen molar-refractivity contribution in [3.8, 4) is 0 Å². The van der Waals surface area contributed by atoms with Gasteiger partial charge in [-0.3, -0.25) is 10.1 Å². The van der Waals surface area contributed by atoms with Crippen LogP contribution in [0.25, 0.3) is 0 Å². The van der Waals surface area contributed by atoms with Gasteiger partial charge < -0.3 is 4.42 Å². The number of unbranched alkanes of at least 4 members (excludes halogenated alkanes) is 2. The zero-order chi connectivity index (χ0) is 25.3. The molecule has 9 heteroatoms. The Balaban J connectivity index is 1.64. The molecule has 3 aromatic rings. The van der Waals surface area contributed by atoms with Gasteiger partial charge >= 0.3 is 6.01 Å². The third kappa shape index (κ3) is 7.22. The fourth-order valence-electron chi connectivity index (χ4n) is 3.56. The number of nitrogens with one attached hydrogen (secondary N) is 1. The highest BCUT2D eigenvalue weighted by Gasteiger charge is 2.24. The second-order valence-electron chi connectivity index (χ2n) is 8.44. The molecule has 0 atom stereocenters. The quantitative estimate of drug-likeness (QED) is 0.353. The monoisotopic (exact) mass is 498 g/mol. The van der Waals surface area contributed by atoms with Crippen LogP contribution in [-0.4, -0.2) is 41.9 Å². The molecule has 1 heterocycles. The number of carbonyl (C=O) groups excluding carboxylic acids is 1. The Bertz CT molecular complexity index is 1180. The lowest BCUT2D eigenvalue weighted by molar-refractivity contribution is 0.102. The number of carbonyl (C=O) groups is 1. The average Bonchev–Trinajstić information content (AvgIpc) is 3.31. The number of aromatic nitrogens is 2. The van der Waals surface area contributed by atoms with Crippen LogP contribution in [0.3, 0.4) is 0 Å². The van der Waals surface area contributed by atoms with Gasteiger partial charge in [0.15, 0.2) is 0 Å². The van der Waals surface area contributed by atoms with Gasteiger partial charge in [0.25, 0.3) is 5.91 Å². The SMILES string of the molecule is CCCCN(CCCC)S(=O)(=O)c1ccc(C(=O)Nc2nnc(Cc3ccc(CC)cc3)o2)cc1. The first-order valence-corrected chi connectivity index (χ1v) is 13.6. The van der Waals surface area contributed by atoms with E-state index in [-0.39, 0.29) is 10.9 Å². The Labute approximate surface area is 207 Å². The lowest BCUT2D eigenvalue weighted by atomic mass is 10.1. The smallest absolute Gasteiger partial charge is 0.322 e. The Morgan fingerprint density at radius 1 is 0.886 bits per heavy atom. The summed E-state index contributed by atoms with van der Waals surface area (Å²) in [5, 5.41) is 10.5. The summed E-state index contributed by atoms with van der Waals surface area (Å²) in [7, 11) is -3.62. The van der Waals surface area contributed by atoms with Gasteiger partial charge in [0.2, 0.25) is 15.9 Å². The molecule has 0 fully saturated rings. The molecule has 1 amide bonds. The molecular weight excluding hydrogens is 464 g/mol. The van der Waals surface area contributed by atoms with E-state index in [0.29, 0.717) is 31.0 Å². The van der Waals surface area contributed by atoms with Crippen LogP contribution in [0.5, 0.6) is 0 Å². The molecule has 0 aliphatic heterocycles. The zero-order valence-corrected chi connectivity index (χ0v) is 21.5. The van der Waals surface area contributed by atoms with Crippen molar-refractivity contribution >= 4 is 21.9 Å². The van der Waals surface area contributed by atoms with Crippen molar-refractivity contribution < 1.29 is 17.6 Å². The van der Waals surface area contributed by atoms with Crippen molar-refractivity contribution in [2.75, 3.05) is 18.4 Å². The van der Waals surface area contributed by atoms with Crippen LogP contribution >= 0.6 is 0 Å². The number of sulfonamides is 1. The molecule has 188 valence electrons. The molecule has 0 bridgehead atoms. The van der Waals surface area contributed by atoms with Gasteiger partial charge in [-0.2, -0.15) is 4.31 Å². The molecule has 35 heavy (non-hydrogen) atoms. The van der Waals surface area contributed by atoms with Gasteiger partial charge in [0.1, 0.15) is 0 Å². The minimum Gasteiger partial charge on any atom is -0.407 e. The number of hydrogen-bond donors (Lipinski definition) is 1. The molecule has 1 aromatic heterocycles. The van der Waals surface area contributed by atoms with Gasteiger partial charge in [-0.1, -0.05) is 63.0 Å². The van der Waals surface area contributed by atoms with Crippen LogP contribution < -0.4 is 5.32 Å². The summed E-state index contributed by atoms with van der Waals surface area (Å²) < 4.78 is 33.3. The first-order chi connectivity index (χ1) is 16.9. The maximum Gasteiger partial charge on any atom is 0.322 e. The van der Waals surface area contributed by atoms with Gasteiger partial charge in [0, 0.05) is 18.7 Å². The maximum atomic E-state index is 13.1. The van der Waals surface area contributed by atoms with E-state index in [1.165, 1.54) is 34.1 Å². The Kier molecular flexibility index (Phi) is 9.56. The molecule has 8 nitrogen and oxygen atoms in total. The Hall–Kier alpha value is -3.04. The molecule has 0 aliphatic rings. The van der Waals surface area contributed by atoms with E-state index in [1.807, 2.05) is 26.0 Å². The van der Waals surface area contributed by atoms with Gasteiger partial charge in [-0.25, -0.2) is 8.42 Å². The van der Waals surface area contributed by atoms with Gasteiger partial charge in [0.05, 0.1) is 11.3 Å². The first kappa shape index (κ1) is 26.6. The van der Waals surface area contributed by atoms with Crippen molar-refractivity contribution in [1.29, 1.82) is 0 Å². The highest BCUT2D eigenvalue weighted by molar-refractivity contribution is 7.89. The van der Waals surface area contributed by atoms with Crippen LogP contribution in [-0.2, 0) is 22.9 Å². The number of benzene rings is 2. The van der Waals surface area contributed by atoms with Gasteiger partial charge in [-0.15, -0.1) is 5.10 Å². The van der Waals surface area contributed by atoms with E-state index >= 15 is 0 Å². The largest absolute Gasteiger partial charge is 0.407 e. The van der Waals surface area contributed by atoms with Crippen molar-refractivity contribution in [2.24, 2.45) is 0 Å². The van der Waals surface area contributed by atoms with E-state index in [2.05, 4.69) is 34.6 Å². The molecule has 0 unspecified atom stereocenters. The normalized spacial score (nSPS) is 11.7. The fraction of sp³-hybridized carbons (Fsp3) is 0.423. The summed E-state index contributed by atoms with van der Waals surface area (Å²) in [6.45, 7) is 7.15. The van der Waals surface area contributed by atoms with Crippen molar-refractivity contribution in [3.05, 3.63) is 71.1 Å². The Morgan fingerprint density at radius 3 is 2.06 bits per heavy atom. The Morgan fingerprint density at radius 2 is 1.49 bits per heavy atom. The summed E-state index contributed by atoms with van der Waals surface area (Å²) in [6.07, 6.45) is 4.88. The summed E-state index contributed by atoms with van der Waals surface area (Å²) in [6, 6.07) is 14.1. The van der Waals surface area contributed by atoms with E-state index in [1.54, 1.807) is 0 Å². The van der Waals surface area contributed by atoms with Crippen LogP contribution in [0.15, 0.2) is 57.8 Å². The third-order valence-electron chi connectivity index (χ3n) is 5.75. The van der Waals surface area contributed by atoms with Crippen molar-refractivity contribution in [3.63, 3.8) is 0 Å². The molecule has 0 saturated carbocycles. The van der Waals surface area contributed by atoms with E-state index in [4.69, 9.17) is 4.42 Å². The van der Waals surface area contributed by atoms with Crippen LogP contribution in [0, 0.1) is 0 Å². The van der Waals surface area contributed by atoms with Crippen molar-refractivity contribution in [1.82, 2.24) is 14.5 Å². The molecular formula is C26H34N4O4S. The average molecular weight is 499 g/mol. The minimum absolute atomic E-state index is 0.00261. The highest BCUT2D eigenvalue weighted by Crippen LogP contribution is 2.19. The molecule has 2 aromatic carbocycles. The first-order valence-electron chi connectivity index (χ1n) is 12.2. The second-order valence-corrected chi connectivity index (χ2v) is 10.4. The van der Waals surface area contributed by atoms with Crippen LogP contribution in [0.2, 0.25) is 0 Å². The molecule has 0 spiro atoms. The van der Waals surface area contributed by atoms with Crippen LogP contribution in [0.4, 0.5) is 6.01 Å². The molecule has 0 radical (unpaired) electrons. The minimum atomic E-state index is -3.62. The predicted octanol–water partition coefficient (Wildman–Crippen LogP) is 5.07. The zero-order valence-electron chi connectivity index (χ0n) is 20.7. The lowest BCUT2D eigenvalue weighted by Crippen LogP contribution is -2.33. The maximum absolute atomic E-state index is 13.1. The number of nitrogens with zero attached hydrogens (tertiary/aromatic N) is 3. The van der Waals surface area contributed by atoms with Crippen LogP contribution in [0.1, 0.15) is 73.8 Å². The van der Waals surface area contributed by atoms with E-state index in [0.717, 1.165) is 37.7 Å². The number of amides is 1. The van der Waals surface area contributed by atoms with E-state index < -0.39 is 15.9 Å². The molecule has 0 saturated heterocycles. The summed E-state index contributed by atoms with van der Waals surface area (Å²) in [5.74, 6) is -0.0597. The van der Waals surface area contributed by atoms with Gasteiger partial charge in [-0.05, 0) is 54.7 Å². The summed E-state index contributed by atoms with van der Waals surface area (Å²) >= 11 is 0. The summed E-state index contributed by atoms with van der Waals surface area (Å²) in [5.41, 5.74) is 2.58. The second kappa shape index (κ2) is 12.6. The third-order valence-corrected chi connectivity index (χ3v) is 7.66. The van der Waals surface area contributed by atoms with E-state index in [9.17, 15) is 13.2 Å². The number of aryl methyl sites for hydroxylation is 1. The summed E-state index contributed by atoms with van der Waals surface area (Å²) in [4.78, 5) is 12.8. The topological polar surface area (TPSA) is 105 Å². The lowest BCUT2D eigenvalue weighted by Gasteiger charge is -2.22. The fourth-order valence-corrected chi connectivity index (χ4v) is 5.08.